The van der Waals surface area contributed by atoms with Crippen LogP contribution in [-0.2, 0) is 0 Å². The number of hydrogen-bond acceptors (Lipinski definition) is 2. The van der Waals surface area contributed by atoms with E-state index in [4.69, 9.17) is 5.11 Å². The van der Waals surface area contributed by atoms with E-state index in [1.54, 1.807) is 0 Å². The second-order valence-corrected chi connectivity index (χ2v) is 4.62. The molecule has 78 valence electrons. The van der Waals surface area contributed by atoms with Crippen molar-refractivity contribution < 1.29 is 14.6 Å². The average Bonchev–Trinajstić information content (AvgIpc) is 2.25. The van der Waals surface area contributed by atoms with E-state index < -0.39 is 11.8 Å². The van der Waals surface area contributed by atoms with Crippen LogP contribution in [0, 0.1) is 17.8 Å². The van der Waals surface area contributed by atoms with Crippen LogP contribution in [0.25, 0.3) is 0 Å². The van der Waals surface area contributed by atoms with Crippen LogP contribution in [0.5, 0.6) is 0 Å². The molecule has 1 saturated carbocycles. The maximum atomic E-state index is 14.0. The Balaban J connectivity index is 2.80. The largest absolute Gasteiger partial charge is 0.396 e. The lowest BCUT2D eigenvalue weighted by atomic mass is 9.84. The molecule has 0 radical (unpaired) electrons. The van der Waals surface area contributed by atoms with Crippen LogP contribution in [0.15, 0.2) is 0 Å². The molecular formula is C10H19FO2. The molecule has 0 aromatic carbocycles. The topological polar surface area (TPSA) is 40.5 Å². The van der Waals surface area contributed by atoms with Gasteiger partial charge in [-0.05, 0) is 25.2 Å². The second-order valence-electron chi connectivity index (χ2n) is 4.62. The molecule has 0 heterocycles. The third-order valence-electron chi connectivity index (χ3n) is 3.35. The highest BCUT2D eigenvalue weighted by Gasteiger charge is 2.52. The molecule has 1 aliphatic rings. The summed E-state index contributed by atoms with van der Waals surface area (Å²) in [4.78, 5) is 0. The fraction of sp³-hybridized carbons (Fsp3) is 1.00. The Morgan fingerprint density at radius 1 is 1.54 bits per heavy atom. The Hall–Kier alpha value is -0.150. The van der Waals surface area contributed by atoms with E-state index in [0.29, 0.717) is 6.42 Å². The van der Waals surface area contributed by atoms with Crippen LogP contribution in [0.3, 0.4) is 0 Å². The van der Waals surface area contributed by atoms with Crippen LogP contribution in [0.4, 0.5) is 4.39 Å². The van der Waals surface area contributed by atoms with Gasteiger partial charge in [0.25, 0.3) is 0 Å². The lowest BCUT2D eigenvalue weighted by Crippen LogP contribution is -2.39. The molecule has 0 spiro atoms. The number of rotatable bonds is 2. The van der Waals surface area contributed by atoms with Gasteiger partial charge in [-0.1, -0.05) is 13.8 Å². The summed E-state index contributed by atoms with van der Waals surface area (Å²) in [6.45, 7) is 5.23. The monoisotopic (exact) mass is 190 g/mol. The summed E-state index contributed by atoms with van der Waals surface area (Å²) in [7, 11) is 0. The summed E-state index contributed by atoms with van der Waals surface area (Å²) < 4.78 is 14.0. The molecule has 1 fully saturated rings. The van der Waals surface area contributed by atoms with Crippen molar-refractivity contribution in [2.75, 3.05) is 6.61 Å². The van der Waals surface area contributed by atoms with Gasteiger partial charge in [-0.3, -0.25) is 0 Å². The van der Waals surface area contributed by atoms with E-state index in [9.17, 15) is 9.50 Å². The molecule has 13 heavy (non-hydrogen) atoms. The molecule has 2 N–H and O–H groups in total. The summed E-state index contributed by atoms with van der Waals surface area (Å²) in [6.07, 6.45) is -0.424. The van der Waals surface area contributed by atoms with Gasteiger partial charge in [0, 0.05) is 12.5 Å². The molecule has 1 aliphatic carbocycles. The third-order valence-corrected chi connectivity index (χ3v) is 3.35. The summed E-state index contributed by atoms with van der Waals surface area (Å²) >= 11 is 0. The summed E-state index contributed by atoms with van der Waals surface area (Å²) in [5, 5.41) is 18.5. The molecule has 0 amide bonds. The average molecular weight is 190 g/mol. The van der Waals surface area contributed by atoms with Gasteiger partial charge in [-0.2, -0.15) is 0 Å². The lowest BCUT2D eigenvalue weighted by Gasteiger charge is -2.28. The Morgan fingerprint density at radius 3 is 2.31 bits per heavy atom. The maximum Gasteiger partial charge on any atom is 0.137 e. The Kier molecular flexibility index (Phi) is 2.98. The zero-order chi connectivity index (χ0) is 10.2. The van der Waals surface area contributed by atoms with Crippen LogP contribution in [0.1, 0.15) is 27.2 Å². The third kappa shape index (κ3) is 1.72. The Labute approximate surface area is 78.8 Å². The van der Waals surface area contributed by atoms with E-state index in [2.05, 4.69) is 0 Å². The molecule has 0 aromatic heterocycles. The van der Waals surface area contributed by atoms with E-state index in [1.807, 2.05) is 13.8 Å². The highest BCUT2D eigenvalue weighted by Crippen LogP contribution is 2.45. The SMILES string of the molecule is CC(C)[C@@H]1C[C@H](CO)[C@@H](O)[C@@]1(C)F. The van der Waals surface area contributed by atoms with Crippen molar-refractivity contribution in [1.82, 2.24) is 0 Å². The van der Waals surface area contributed by atoms with Gasteiger partial charge in [0.15, 0.2) is 0 Å². The molecule has 3 heteroatoms. The first kappa shape index (κ1) is 10.9. The van der Waals surface area contributed by atoms with Gasteiger partial charge >= 0.3 is 0 Å². The number of aliphatic hydroxyl groups excluding tert-OH is 2. The zero-order valence-corrected chi connectivity index (χ0v) is 8.50. The predicted octanol–water partition coefficient (Wildman–Crippen LogP) is 1.36. The number of aliphatic hydroxyl groups is 2. The minimum Gasteiger partial charge on any atom is -0.396 e. The minimum atomic E-state index is -1.54. The van der Waals surface area contributed by atoms with Crippen LogP contribution >= 0.6 is 0 Å². The quantitative estimate of drug-likeness (QED) is 0.690. The molecule has 0 aromatic rings. The summed E-state index contributed by atoms with van der Waals surface area (Å²) in [5.74, 6) is -0.219. The smallest absolute Gasteiger partial charge is 0.137 e. The first-order valence-corrected chi connectivity index (χ1v) is 4.89. The number of hydrogen-bond donors (Lipinski definition) is 2. The molecule has 0 saturated heterocycles. The van der Waals surface area contributed by atoms with Crippen molar-refractivity contribution >= 4 is 0 Å². The van der Waals surface area contributed by atoms with Crippen molar-refractivity contribution in [2.24, 2.45) is 17.8 Å². The second kappa shape index (κ2) is 3.54. The first-order chi connectivity index (χ1) is 5.91. The summed E-state index contributed by atoms with van der Waals surface area (Å²) in [5.41, 5.74) is -1.54. The van der Waals surface area contributed by atoms with Crippen molar-refractivity contribution in [2.45, 2.75) is 39.0 Å². The minimum absolute atomic E-state index is 0.121. The first-order valence-electron chi connectivity index (χ1n) is 4.89. The van der Waals surface area contributed by atoms with E-state index in [1.165, 1.54) is 6.92 Å². The maximum absolute atomic E-state index is 14.0. The van der Waals surface area contributed by atoms with Crippen molar-refractivity contribution in [3.63, 3.8) is 0 Å². The van der Waals surface area contributed by atoms with Crippen LogP contribution in [0.2, 0.25) is 0 Å². The highest BCUT2D eigenvalue weighted by molar-refractivity contribution is 5.01. The fourth-order valence-electron chi connectivity index (χ4n) is 2.46. The highest BCUT2D eigenvalue weighted by atomic mass is 19.1. The number of halogens is 1. The van der Waals surface area contributed by atoms with Crippen molar-refractivity contribution in [1.29, 1.82) is 0 Å². The Morgan fingerprint density at radius 2 is 2.08 bits per heavy atom. The zero-order valence-electron chi connectivity index (χ0n) is 8.50. The normalized spacial score (nSPS) is 45.9. The fourth-order valence-corrected chi connectivity index (χ4v) is 2.46. The van der Waals surface area contributed by atoms with Gasteiger partial charge in [0.05, 0.1) is 6.10 Å². The standard InChI is InChI=1S/C10H19FO2/c1-6(2)8-4-7(5-12)9(13)10(8,3)11/h6-9,12-13H,4-5H2,1-3H3/t7-,8+,9-,10+/m1/s1. The van der Waals surface area contributed by atoms with Crippen LogP contribution < -0.4 is 0 Å². The molecule has 2 nitrogen and oxygen atoms in total. The van der Waals surface area contributed by atoms with Gasteiger partial charge < -0.3 is 10.2 Å². The van der Waals surface area contributed by atoms with E-state index >= 15 is 0 Å². The van der Waals surface area contributed by atoms with E-state index in [-0.39, 0.29) is 24.4 Å². The van der Waals surface area contributed by atoms with Gasteiger partial charge in [0.1, 0.15) is 5.67 Å². The molecule has 4 atom stereocenters. The molecular weight excluding hydrogens is 171 g/mol. The van der Waals surface area contributed by atoms with Crippen LogP contribution in [-0.4, -0.2) is 28.6 Å². The lowest BCUT2D eigenvalue weighted by molar-refractivity contribution is -0.0299. The van der Waals surface area contributed by atoms with Gasteiger partial charge in [0.2, 0.25) is 0 Å². The molecule has 1 rings (SSSR count). The van der Waals surface area contributed by atoms with E-state index in [0.717, 1.165) is 0 Å². The van der Waals surface area contributed by atoms with Gasteiger partial charge in [-0.25, -0.2) is 4.39 Å². The predicted molar refractivity (Wildman–Crippen MR) is 49.0 cm³/mol. The molecule has 0 aliphatic heterocycles. The van der Waals surface area contributed by atoms with Gasteiger partial charge in [-0.15, -0.1) is 0 Å². The summed E-state index contributed by atoms with van der Waals surface area (Å²) in [6, 6.07) is 0. The van der Waals surface area contributed by atoms with Crippen molar-refractivity contribution in [3.05, 3.63) is 0 Å². The molecule has 0 bridgehead atoms. The molecule has 0 unspecified atom stereocenters. The Bertz CT molecular complexity index is 180. The number of alkyl halides is 1. The van der Waals surface area contributed by atoms with Crippen molar-refractivity contribution in [3.8, 4) is 0 Å².